The first kappa shape index (κ1) is 22.8. The van der Waals surface area contributed by atoms with Gasteiger partial charge in [0.2, 0.25) is 11.3 Å². The Hall–Kier alpha value is -2.86. The minimum atomic E-state index is -4.51. The van der Waals surface area contributed by atoms with Crippen LogP contribution < -0.4 is 15.5 Å². The van der Waals surface area contributed by atoms with Crippen molar-refractivity contribution in [2.75, 3.05) is 12.4 Å². The Morgan fingerprint density at radius 2 is 2.06 bits per heavy atom. The van der Waals surface area contributed by atoms with Gasteiger partial charge in [-0.1, -0.05) is 29.2 Å². The van der Waals surface area contributed by atoms with E-state index in [9.17, 15) is 22.8 Å². The van der Waals surface area contributed by atoms with Gasteiger partial charge in [-0.3, -0.25) is 9.59 Å². The summed E-state index contributed by atoms with van der Waals surface area (Å²) < 4.78 is 45.9. The molecule has 7 nitrogen and oxygen atoms in total. The summed E-state index contributed by atoms with van der Waals surface area (Å²) in [5.74, 6) is -0.166. The van der Waals surface area contributed by atoms with Crippen LogP contribution in [0.25, 0.3) is 0 Å². The highest BCUT2D eigenvalue weighted by atomic mass is 32.2. The molecule has 1 amide bonds. The van der Waals surface area contributed by atoms with Crippen LogP contribution >= 0.6 is 23.1 Å². The van der Waals surface area contributed by atoms with Gasteiger partial charge in [0.25, 0.3) is 0 Å². The van der Waals surface area contributed by atoms with Crippen molar-refractivity contribution >= 4 is 34.7 Å². The third kappa shape index (κ3) is 6.07. The molecule has 0 aliphatic heterocycles. The van der Waals surface area contributed by atoms with Crippen molar-refractivity contribution in [3.63, 3.8) is 0 Å². The monoisotopic (exact) mass is 470 g/mol. The van der Waals surface area contributed by atoms with Gasteiger partial charge < -0.3 is 14.6 Å². The van der Waals surface area contributed by atoms with Gasteiger partial charge in [-0.25, -0.2) is 0 Å². The topological polar surface area (TPSA) is 86.1 Å². The van der Waals surface area contributed by atoms with Gasteiger partial charge in [0, 0.05) is 23.2 Å². The van der Waals surface area contributed by atoms with E-state index in [2.05, 4.69) is 15.5 Å². The minimum Gasteiger partial charge on any atom is -0.491 e. The molecule has 0 saturated heterocycles. The number of ether oxygens (including phenoxy) is 1. The molecular weight excluding hydrogens is 453 g/mol. The number of thioether (sulfide) groups is 1. The largest absolute Gasteiger partial charge is 0.491 e. The Labute approximate surface area is 183 Å². The summed E-state index contributed by atoms with van der Waals surface area (Å²) in [7, 11) is 1.34. The molecule has 164 valence electrons. The summed E-state index contributed by atoms with van der Waals surface area (Å²) in [6, 6.07) is 5.73. The fourth-order valence-corrected chi connectivity index (χ4v) is 4.43. The van der Waals surface area contributed by atoms with Gasteiger partial charge in [-0.15, -0.1) is 10.2 Å². The van der Waals surface area contributed by atoms with E-state index in [0.29, 0.717) is 15.8 Å². The maximum Gasteiger partial charge on any atom is 0.416 e. The molecule has 0 saturated carbocycles. The highest BCUT2D eigenvalue weighted by Gasteiger charge is 2.30. The Balaban J connectivity index is 1.78. The Bertz CT molecular complexity index is 1140. The van der Waals surface area contributed by atoms with E-state index < -0.39 is 17.6 Å². The highest BCUT2D eigenvalue weighted by molar-refractivity contribution is 8.00. The molecule has 0 bridgehead atoms. The van der Waals surface area contributed by atoms with Gasteiger partial charge in [0.1, 0.15) is 11.6 Å². The first-order chi connectivity index (χ1) is 14.7. The van der Waals surface area contributed by atoms with Crippen molar-refractivity contribution in [3.8, 4) is 5.75 Å². The van der Waals surface area contributed by atoms with E-state index in [0.717, 1.165) is 17.1 Å². The molecule has 1 aromatic carbocycles. The molecule has 2 aromatic heterocycles. The molecule has 0 spiro atoms. The fourth-order valence-electron chi connectivity index (χ4n) is 2.62. The Morgan fingerprint density at radius 1 is 1.29 bits per heavy atom. The van der Waals surface area contributed by atoms with Crippen molar-refractivity contribution in [1.29, 1.82) is 0 Å². The summed E-state index contributed by atoms with van der Waals surface area (Å²) in [5, 5.41) is 11.2. The zero-order valence-corrected chi connectivity index (χ0v) is 18.0. The van der Waals surface area contributed by atoms with Crippen molar-refractivity contribution in [1.82, 2.24) is 14.8 Å². The number of aryl methyl sites for hydroxylation is 1. The molecule has 0 unspecified atom stereocenters. The molecule has 0 aliphatic carbocycles. The van der Waals surface area contributed by atoms with Crippen LogP contribution in [-0.4, -0.2) is 27.8 Å². The van der Waals surface area contributed by atoms with Crippen molar-refractivity contribution in [2.45, 2.75) is 29.7 Å². The number of aromatic nitrogens is 3. The molecule has 0 fully saturated rings. The number of pyridine rings is 1. The van der Waals surface area contributed by atoms with E-state index in [1.807, 2.05) is 6.92 Å². The summed E-state index contributed by atoms with van der Waals surface area (Å²) >= 11 is 2.76. The normalized spacial score (nSPS) is 11.4. The second kappa shape index (κ2) is 9.52. The van der Waals surface area contributed by atoms with Crippen LogP contribution in [0.15, 0.2) is 45.7 Å². The van der Waals surface area contributed by atoms with Crippen molar-refractivity contribution in [2.24, 2.45) is 0 Å². The smallest absolute Gasteiger partial charge is 0.416 e. The number of hydrogen-bond donors (Lipinski definition) is 1. The molecular formula is C19H17F3N4O3S2. The maximum atomic E-state index is 12.9. The van der Waals surface area contributed by atoms with Gasteiger partial charge in [0.05, 0.1) is 18.9 Å². The molecule has 0 atom stereocenters. The molecule has 12 heteroatoms. The van der Waals surface area contributed by atoms with Gasteiger partial charge in [-0.2, -0.15) is 13.2 Å². The van der Waals surface area contributed by atoms with E-state index >= 15 is 0 Å². The predicted octanol–water partition coefficient (Wildman–Crippen LogP) is 3.97. The summed E-state index contributed by atoms with van der Waals surface area (Å²) in [4.78, 5) is 24.7. The van der Waals surface area contributed by atoms with Crippen LogP contribution in [0.3, 0.4) is 0 Å². The summed E-state index contributed by atoms with van der Waals surface area (Å²) in [6.45, 7) is 1.60. The summed E-state index contributed by atoms with van der Waals surface area (Å²) in [5.41, 5.74) is -0.656. The van der Waals surface area contributed by atoms with Crippen LogP contribution in [0.5, 0.6) is 5.75 Å². The van der Waals surface area contributed by atoms with Crippen molar-refractivity contribution < 1.29 is 22.7 Å². The lowest BCUT2D eigenvalue weighted by Gasteiger charge is -2.15. The number of carbonyl (C=O) groups excluding carboxylic acids is 1. The molecule has 0 aliphatic rings. The number of nitrogens with zero attached hydrogens (tertiary/aromatic N) is 3. The number of hydrogen-bond acceptors (Lipinski definition) is 7. The minimum absolute atomic E-state index is 0.0214. The van der Waals surface area contributed by atoms with E-state index in [-0.39, 0.29) is 23.4 Å². The number of nitrogens with one attached hydrogen (secondary N) is 1. The lowest BCUT2D eigenvalue weighted by molar-refractivity contribution is -0.137. The van der Waals surface area contributed by atoms with E-state index in [1.165, 1.54) is 59.2 Å². The van der Waals surface area contributed by atoms with Crippen LogP contribution in [-0.2, 0) is 23.3 Å². The lowest BCUT2D eigenvalue weighted by atomic mass is 10.2. The fraction of sp³-hybridized carbons (Fsp3) is 0.263. The van der Waals surface area contributed by atoms with Crippen LogP contribution in [0, 0.1) is 6.92 Å². The lowest BCUT2D eigenvalue weighted by Crippen LogP contribution is -2.23. The van der Waals surface area contributed by atoms with E-state index in [4.69, 9.17) is 4.74 Å². The average molecular weight is 470 g/mol. The highest BCUT2D eigenvalue weighted by Crippen LogP contribution is 2.30. The maximum absolute atomic E-state index is 12.9. The zero-order chi connectivity index (χ0) is 22.6. The third-order valence-corrected chi connectivity index (χ3v) is 6.05. The number of alkyl halides is 3. The second-order valence-electron chi connectivity index (χ2n) is 6.33. The third-order valence-electron chi connectivity index (χ3n) is 4.04. The van der Waals surface area contributed by atoms with Gasteiger partial charge in [-0.05, 0) is 25.1 Å². The second-order valence-corrected chi connectivity index (χ2v) is 8.73. The number of methoxy groups -OCH3 is 1. The number of halogens is 3. The first-order valence-corrected chi connectivity index (χ1v) is 10.6. The van der Waals surface area contributed by atoms with Crippen LogP contribution in [0.2, 0.25) is 0 Å². The first-order valence-electron chi connectivity index (χ1n) is 8.83. The summed E-state index contributed by atoms with van der Waals surface area (Å²) in [6.07, 6.45) is -3.12. The number of anilines is 1. The number of carbonyl (C=O) groups is 1. The van der Waals surface area contributed by atoms with Crippen LogP contribution in [0.4, 0.5) is 18.9 Å². The van der Waals surface area contributed by atoms with Crippen molar-refractivity contribution in [3.05, 3.63) is 63.0 Å². The quantitative estimate of drug-likeness (QED) is 0.526. The number of amides is 1. The van der Waals surface area contributed by atoms with Gasteiger partial charge >= 0.3 is 6.18 Å². The standard InChI is InChI=1S/C19H17F3N4O3S2/c1-11-24-25-18(31-11)30-10-14-7-15(27)16(29-2)8-26(14)9-17(28)23-13-5-3-4-12(6-13)19(20,21)22/h3-8H,9-10H2,1-2H3,(H,23,28). The Kier molecular flexibility index (Phi) is 7.01. The average Bonchev–Trinajstić information content (AvgIpc) is 3.12. The van der Waals surface area contributed by atoms with E-state index in [1.54, 1.807) is 0 Å². The van der Waals surface area contributed by atoms with Gasteiger partial charge in [0.15, 0.2) is 10.1 Å². The molecule has 2 heterocycles. The molecule has 31 heavy (non-hydrogen) atoms. The molecule has 1 N–H and O–H groups in total. The SMILES string of the molecule is COc1cn(CC(=O)Nc2cccc(C(F)(F)F)c2)c(CSc2nnc(C)s2)cc1=O. The number of benzene rings is 1. The molecule has 3 aromatic rings. The molecule has 3 rings (SSSR count). The van der Waals surface area contributed by atoms with Crippen LogP contribution in [0.1, 0.15) is 16.3 Å². The number of rotatable bonds is 7. The zero-order valence-electron chi connectivity index (χ0n) is 16.4. The Morgan fingerprint density at radius 3 is 2.71 bits per heavy atom. The molecule has 0 radical (unpaired) electrons. The predicted molar refractivity (Wildman–Crippen MR) is 112 cm³/mol.